The second kappa shape index (κ2) is 7.73. The fourth-order valence-electron chi connectivity index (χ4n) is 2.30. The van der Waals surface area contributed by atoms with E-state index in [1.165, 1.54) is 17.0 Å². The summed E-state index contributed by atoms with van der Waals surface area (Å²) >= 11 is 0. The zero-order valence-corrected chi connectivity index (χ0v) is 13.3. The highest BCUT2D eigenvalue weighted by molar-refractivity contribution is 5.88. The summed E-state index contributed by atoms with van der Waals surface area (Å²) in [5, 5.41) is 16.0. The van der Waals surface area contributed by atoms with E-state index in [2.05, 4.69) is 10.4 Å². The molecule has 0 fully saturated rings. The van der Waals surface area contributed by atoms with E-state index in [1.807, 2.05) is 13.8 Å². The Morgan fingerprint density at radius 1 is 1.39 bits per heavy atom. The number of carbonyl (C=O) groups excluding carboxylic acids is 1. The van der Waals surface area contributed by atoms with Crippen LogP contribution < -0.4 is 5.32 Å². The number of aryl methyl sites for hydroxylation is 1. The average Bonchev–Trinajstić information content (AvgIpc) is 2.87. The lowest BCUT2D eigenvalue weighted by Gasteiger charge is -2.20. The number of aromatic nitrogens is 2. The number of nitrogens with one attached hydrogen (secondary N) is 1. The molecule has 7 heteroatoms. The van der Waals surface area contributed by atoms with Gasteiger partial charge in [0.05, 0.1) is 12.3 Å². The summed E-state index contributed by atoms with van der Waals surface area (Å²) in [4.78, 5) is 13.7. The molecule has 1 aromatic carbocycles. The molecule has 0 aliphatic heterocycles. The van der Waals surface area contributed by atoms with Crippen LogP contribution in [0.5, 0.6) is 0 Å². The van der Waals surface area contributed by atoms with E-state index in [0.29, 0.717) is 18.1 Å². The summed E-state index contributed by atoms with van der Waals surface area (Å²) in [6.07, 6.45) is 0.796. The van der Waals surface area contributed by atoms with Crippen LogP contribution in [0.1, 0.15) is 19.0 Å². The van der Waals surface area contributed by atoms with Crippen molar-refractivity contribution in [1.82, 2.24) is 14.7 Å². The molecule has 0 saturated heterocycles. The zero-order chi connectivity index (χ0) is 16.8. The SMILES string of the molecule is CCCN(CCO)C(=O)Nc1cc(C)n(-c2cccc(F)c2)n1. The van der Waals surface area contributed by atoms with Gasteiger partial charge in [-0.15, -0.1) is 5.10 Å². The summed E-state index contributed by atoms with van der Waals surface area (Å²) < 4.78 is 14.9. The molecule has 0 aliphatic carbocycles. The first-order valence-electron chi connectivity index (χ1n) is 7.54. The topological polar surface area (TPSA) is 70.4 Å². The van der Waals surface area contributed by atoms with E-state index in [1.54, 1.807) is 22.9 Å². The predicted octanol–water partition coefficient (Wildman–Crippen LogP) is 2.56. The minimum Gasteiger partial charge on any atom is -0.395 e. The van der Waals surface area contributed by atoms with Crippen LogP contribution in [-0.4, -0.2) is 45.5 Å². The number of benzene rings is 1. The molecule has 2 aromatic rings. The number of hydrogen-bond donors (Lipinski definition) is 2. The molecular formula is C16H21FN4O2. The van der Waals surface area contributed by atoms with E-state index in [-0.39, 0.29) is 25.0 Å². The van der Waals surface area contributed by atoms with Crippen LogP contribution in [0.25, 0.3) is 5.69 Å². The lowest BCUT2D eigenvalue weighted by Crippen LogP contribution is -2.37. The van der Waals surface area contributed by atoms with Crippen LogP contribution in [0.3, 0.4) is 0 Å². The molecule has 1 aromatic heterocycles. The molecule has 6 nitrogen and oxygen atoms in total. The van der Waals surface area contributed by atoms with Crippen molar-refractivity contribution in [2.75, 3.05) is 25.0 Å². The normalized spacial score (nSPS) is 10.6. The van der Waals surface area contributed by atoms with Crippen LogP contribution in [0.4, 0.5) is 15.0 Å². The highest BCUT2D eigenvalue weighted by Crippen LogP contribution is 2.16. The minimum atomic E-state index is -0.347. The first-order valence-corrected chi connectivity index (χ1v) is 7.54. The third-order valence-corrected chi connectivity index (χ3v) is 3.33. The highest BCUT2D eigenvalue weighted by atomic mass is 19.1. The maximum absolute atomic E-state index is 13.3. The Hall–Kier alpha value is -2.41. The third kappa shape index (κ3) is 4.29. The van der Waals surface area contributed by atoms with Gasteiger partial charge in [0.2, 0.25) is 0 Å². The largest absolute Gasteiger partial charge is 0.395 e. The molecule has 0 bridgehead atoms. The van der Waals surface area contributed by atoms with Crippen molar-refractivity contribution in [1.29, 1.82) is 0 Å². The van der Waals surface area contributed by atoms with Crippen molar-refractivity contribution >= 4 is 11.8 Å². The van der Waals surface area contributed by atoms with Crippen LogP contribution >= 0.6 is 0 Å². The standard InChI is InChI=1S/C16H21FN4O2/c1-3-7-20(8-9-22)16(23)18-15-10-12(2)21(19-15)14-6-4-5-13(17)11-14/h4-6,10-11,22H,3,7-9H2,1-2H3,(H,18,19,23). The first-order chi connectivity index (χ1) is 11.0. The molecule has 2 amide bonds. The number of nitrogens with zero attached hydrogens (tertiary/aromatic N) is 3. The summed E-state index contributed by atoms with van der Waals surface area (Å²) in [7, 11) is 0. The van der Waals surface area contributed by atoms with Gasteiger partial charge in [0, 0.05) is 24.8 Å². The molecule has 23 heavy (non-hydrogen) atoms. The number of rotatable bonds is 6. The number of hydrogen-bond acceptors (Lipinski definition) is 3. The highest BCUT2D eigenvalue weighted by Gasteiger charge is 2.15. The van der Waals surface area contributed by atoms with E-state index in [4.69, 9.17) is 5.11 Å². The maximum Gasteiger partial charge on any atom is 0.323 e. The minimum absolute atomic E-state index is 0.0931. The number of urea groups is 1. The van der Waals surface area contributed by atoms with E-state index >= 15 is 0 Å². The fraction of sp³-hybridized carbons (Fsp3) is 0.375. The average molecular weight is 320 g/mol. The first kappa shape index (κ1) is 17.0. The van der Waals surface area contributed by atoms with Crippen molar-refractivity contribution in [3.05, 3.63) is 41.8 Å². The van der Waals surface area contributed by atoms with E-state index in [9.17, 15) is 9.18 Å². The fourth-order valence-corrected chi connectivity index (χ4v) is 2.30. The van der Waals surface area contributed by atoms with Crippen molar-refractivity contribution < 1.29 is 14.3 Å². The smallest absolute Gasteiger partial charge is 0.323 e. The quantitative estimate of drug-likeness (QED) is 0.859. The van der Waals surface area contributed by atoms with Crippen LogP contribution in [0, 0.1) is 12.7 Å². The Bertz CT molecular complexity index is 666. The molecule has 0 spiro atoms. The molecule has 0 radical (unpaired) electrons. The van der Waals surface area contributed by atoms with Gasteiger partial charge in [-0.3, -0.25) is 5.32 Å². The number of halogens is 1. The summed E-state index contributed by atoms with van der Waals surface area (Å²) in [6, 6.07) is 7.48. The monoisotopic (exact) mass is 320 g/mol. The van der Waals surface area contributed by atoms with Crippen LogP contribution in [0.15, 0.2) is 30.3 Å². The lowest BCUT2D eigenvalue weighted by atomic mass is 10.3. The molecule has 2 N–H and O–H groups in total. The van der Waals surface area contributed by atoms with Gasteiger partial charge >= 0.3 is 6.03 Å². The number of aliphatic hydroxyl groups excluding tert-OH is 1. The van der Waals surface area contributed by atoms with Gasteiger partial charge in [-0.25, -0.2) is 13.9 Å². The van der Waals surface area contributed by atoms with Gasteiger partial charge in [0.1, 0.15) is 5.82 Å². The van der Waals surface area contributed by atoms with E-state index in [0.717, 1.165) is 12.1 Å². The molecule has 0 atom stereocenters. The van der Waals surface area contributed by atoms with Gasteiger partial charge in [0.25, 0.3) is 0 Å². The van der Waals surface area contributed by atoms with Crippen LogP contribution in [0.2, 0.25) is 0 Å². The number of anilines is 1. The van der Waals surface area contributed by atoms with E-state index < -0.39 is 0 Å². The Kier molecular flexibility index (Phi) is 5.70. The zero-order valence-electron chi connectivity index (χ0n) is 13.3. The van der Waals surface area contributed by atoms with Gasteiger partial charge in [-0.05, 0) is 31.5 Å². The van der Waals surface area contributed by atoms with Crippen molar-refractivity contribution in [2.45, 2.75) is 20.3 Å². The molecule has 0 aliphatic rings. The lowest BCUT2D eigenvalue weighted by molar-refractivity contribution is 0.188. The molecule has 124 valence electrons. The third-order valence-electron chi connectivity index (χ3n) is 3.33. The molecule has 2 rings (SSSR count). The second-order valence-electron chi connectivity index (χ2n) is 5.20. The predicted molar refractivity (Wildman–Crippen MR) is 86.2 cm³/mol. The van der Waals surface area contributed by atoms with Gasteiger partial charge in [-0.1, -0.05) is 13.0 Å². The summed E-state index contributed by atoms with van der Waals surface area (Å²) in [6.45, 7) is 4.51. The summed E-state index contributed by atoms with van der Waals surface area (Å²) in [5.41, 5.74) is 1.36. The number of amides is 2. The van der Waals surface area contributed by atoms with Gasteiger partial charge < -0.3 is 10.0 Å². The Morgan fingerprint density at radius 2 is 2.17 bits per heavy atom. The maximum atomic E-state index is 13.3. The van der Waals surface area contributed by atoms with Crippen LogP contribution in [-0.2, 0) is 0 Å². The molecule has 0 unspecified atom stereocenters. The van der Waals surface area contributed by atoms with Gasteiger partial charge in [-0.2, -0.15) is 0 Å². The molecular weight excluding hydrogens is 299 g/mol. The van der Waals surface area contributed by atoms with Crippen molar-refractivity contribution in [3.63, 3.8) is 0 Å². The molecule has 1 heterocycles. The Morgan fingerprint density at radius 3 is 2.83 bits per heavy atom. The van der Waals surface area contributed by atoms with Gasteiger partial charge in [0.15, 0.2) is 5.82 Å². The van der Waals surface area contributed by atoms with Crippen molar-refractivity contribution in [3.8, 4) is 5.69 Å². The van der Waals surface area contributed by atoms with Crippen molar-refractivity contribution in [2.24, 2.45) is 0 Å². The number of aliphatic hydroxyl groups is 1. The second-order valence-corrected chi connectivity index (χ2v) is 5.20. The summed E-state index contributed by atoms with van der Waals surface area (Å²) in [5.74, 6) is 0.0378. The Balaban J connectivity index is 2.16. The number of carbonyl (C=O) groups is 1. The molecule has 0 saturated carbocycles. The Labute approximate surface area is 134 Å².